The van der Waals surface area contributed by atoms with Crippen LogP contribution >= 0.6 is 12.6 Å². The lowest BCUT2D eigenvalue weighted by Gasteiger charge is -2.42. The van der Waals surface area contributed by atoms with Crippen molar-refractivity contribution in [3.63, 3.8) is 0 Å². The third-order valence-electron chi connectivity index (χ3n) is 4.83. The van der Waals surface area contributed by atoms with Crippen LogP contribution in [0.15, 0.2) is 0 Å². The summed E-state index contributed by atoms with van der Waals surface area (Å²) in [5.41, 5.74) is 0.410. The molecule has 0 aliphatic carbocycles. The Bertz CT molecular complexity index is 240. The summed E-state index contributed by atoms with van der Waals surface area (Å²) in [5, 5.41) is 0. The van der Waals surface area contributed by atoms with Crippen molar-refractivity contribution >= 4 is 12.6 Å². The van der Waals surface area contributed by atoms with Gasteiger partial charge in [0.1, 0.15) is 0 Å². The molecule has 3 heteroatoms. The van der Waals surface area contributed by atoms with Gasteiger partial charge < -0.3 is 4.74 Å². The minimum atomic E-state index is 0.410. The van der Waals surface area contributed by atoms with Crippen LogP contribution in [0.2, 0.25) is 0 Å². The topological polar surface area (TPSA) is 12.5 Å². The number of hydrogen-bond donors (Lipinski definition) is 1. The van der Waals surface area contributed by atoms with E-state index in [2.05, 4.69) is 31.4 Å². The van der Waals surface area contributed by atoms with E-state index in [0.717, 1.165) is 31.1 Å². The monoisotopic (exact) mass is 257 g/mol. The first-order chi connectivity index (χ1) is 8.21. The third kappa shape index (κ3) is 2.99. The molecule has 2 atom stereocenters. The van der Waals surface area contributed by atoms with Crippen molar-refractivity contribution in [3.05, 3.63) is 0 Å². The van der Waals surface area contributed by atoms with E-state index in [9.17, 15) is 0 Å². The molecule has 2 fully saturated rings. The number of rotatable bonds is 4. The van der Waals surface area contributed by atoms with Crippen LogP contribution in [0, 0.1) is 5.41 Å². The maximum Gasteiger partial charge on any atom is 0.0472 e. The maximum atomic E-state index is 5.52. The minimum absolute atomic E-state index is 0.410. The second-order valence-corrected chi connectivity index (χ2v) is 6.25. The molecule has 0 N–H and O–H groups in total. The summed E-state index contributed by atoms with van der Waals surface area (Å²) in [5.74, 6) is 1.01. The molecule has 0 radical (unpaired) electrons. The van der Waals surface area contributed by atoms with Gasteiger partial charge in [-0.3, -0.25) is 4.90 Å². The largest absolute Gasteiger partial charge is 0.381 e. The van der Waals surface area contributed by atoms with Gasteiger partial charge in [0.25, 0.3) is 0 Å². The molecule has 0 saturated carbocycles. The molecule has 100 valence electrons. The van der Waals surface area contributed by atoms with Crippen molar-refractivity contribution in [2.75, 3.05) is 25.5 Å². The molecule has 2 nitrogen and oxygen atoms in total. The smallest absolute Gasteiger partial charge is 0.0472 e. The quantitative estimate of drug-likeness (QED) is 0.777. The summed E-state index contributed by atoms with van der Waals surface area (Å²) >= 11 is 4.63. The Balaban J connectivity index is 2.01. The average molecular weight is 257 g/mol. The lowest BCUT2D eigenvalue weighted by atomic mass is 9.81. The number of nitrogens with zero attached hydrogens (tertiary/aromatic N) is 1. The van der Waals surface area contributed by atoms with Gasteiger partial charge in [0.2, 0.25) is 0 Å². The predicted molar refractivity (Wildman–Crippen MR) is 75.8 cm³/mol. The summed E-state index contributed by atoms with van der Waals surface area (Å²) in [7, 11) is 0. The van der Waals surface area contributed by atoms with Crippen LogP contribution in [0.5, 0.6) is 0 Å². The van der Waals surface area contributed by atoms with Crippen LogP contribution in [0.1, 0.15) is 46.0 Å². The SMILES string of the molecule is CCC1CCC(C)N1CC1(CS)CCOCC1. The van der Waals surface area contributed by atoms with E-state index in [4.69, 9.17) is 4.74 Å². The molecule has 2 heterocycles. The van der Waals surface area contributed by atoms with E-state index < -0.39 is 0 Å². The molecule has 2 saturated heterocycles. The van der Waals surface area contributed by atoms with Crippen molar-refractivity contribution in [1.82, 2.24) is 4.90 Å². The average Bonchev–Trinajstić information content (AvgIpc) is 2.72. The normalized spacial score (nSPS) is 34.1. The fourth-order valence-electron chi connectivity index (χ4n) is 3.41. The van der Waals surface area contributed by atoms with Crippen LogP contribution in [0.25, 0.3) is 0 Å². The first-order valence-corrected chi connectivity index (χ1v) is 7.78. The zero-order valence-corrected chi connectivity index (χ0v) is 12.2. The highest BCUT2D eigenvalue weighted by Gasteiger charge is 2.38. The van der Waals surface area contributed by atoms with Crippen molar-refractivity contribution in [2.24, 2.45) is 5.41 Å². The molecule has 2 aliphatic rings. The van der Waals surface area contributed by atoms with Gasteiger partial charge in [-0.25, -0.2) is 0 Å². The second kappa shape index (κ2) is 5.94. The van der Waals surface area contributed by atoms with Crippen LogP contribution in [-0.4, -0.2) is 42.5 Å². The first kappa shape index (κ1) is 13.7. The van der Waals surface area contributed by atoms with Crippen molar-refractivity contribution in [2.45, 2.75) is 58.0 Å². The van der Waals surface area contributed by atoms with Crippen LogP contribution in [-0.2, 0) is 4.74 Å². The summed E-state index contributed by atoms with van der Waals surface area (Å²) in [6.45, 7) is 7.81. The van der Waals surface area contributed by atoms with Gasteiger partial charge in [-0.1, -0.05) is 6.92 Å². The van der Waals surface area contributed by atoms with Crippen molar-refractivity contribution < 1.29 is 4.74 Å². The fourth-order valence-corrected chi connectivity index (χ4v) is 3.82. The Hall–Kier alpha value is 0.270. The molecule has 17 heavy (non-hydrogen) atoms. The highest BCUT2D eigenvalue weighted by Crippen LogP contribution is 2.37. The first-order valence-electron chi connectivity index (χ1n) is 7.15. The summed E-state index contributed by atoms with van der Waals surface area (Å²) in [6, 6.07) is 1.57. The number of hydrogen-bond acceptors (Lipinski definition) is 3. The number of ether oxygens (including phenoxy) is 1. The lowest BCUT2D eigenvalue weighted by Crippen LogP contribution is -2.46. The van der Waals surface area contributed by atoms with E-state index in [1.165, 1.54) is 38.6 Å². The molecule has 2 unspecified atom stereocenters. The van der Waals surface area contributed by atoms with E-state index in [-0.39, 0.29) is 0 Å². The Kier molecular flexibility index (Phi) is 4.79. The van der Waals surface area contributed by atoms with Gasteiger partial charge in [0.15, 0.2) is 0 Å². The molecule has 0 aromatic carbocycles. The minimum Gasteiger partial charge on any atom is -0.381 e. The molecule has 0 aromatic heterocycles. The zero-order chi connectivity index (χ0) is 12.3. The Morgan fingerprint density at radius 1 is 1.29 bits per heavy atom. The summed E-state index contributed by atoms with van der Waals surface area (Å²) in [6.07, 6.45) is 6.43. The fraction of sp³-hybridized carbons (Fsp3) is 1.00. The molecule has 0 aromatic rings. The molecular formula is C14H27NOS. The van der Waals surface area contributed by atoms with Gasteiger partial charge >= 0.3 is 0 Å². The van der Waals surface area contributed by atoms with E-state index in [1.807, 2.05) is 0 Å². The van der Waals surface area contributed by atoms with Crippen LogP contribution < -0.4 is 0 Å². The predicted octanol–water partition coefficient (Wildman–Crippen LogP) is 2.98. The maximum absolute atomic E-state index is 5.52. The van der Waals surface area contributed by atoms with E-state index in [0.29, 0.717) is 5.41 Å². The van der Waals surface area contributed by atoms with Gasteiger partial charge in [0, 0.05) is 31.8 Å². The van der Waals surface area contributed by atoms with Crippen LogP contribution in [0.4, 0.5) is 0 Å². The van der Waals surface area contributed by atoms with Gasteiger partial charge in [-0.15, -0.1) is 0 Å². The molecular weight excluding hydrogens is 230 g/mol. The molecule has 0 amide bonds. The molecule has 2 aliphatic heterocycles. The lowest BCUT2D eigenvalue weighted by molar-refractivity contribution is -0.000563. The molecule has 2 rings (SSSR count). The Labute approximate surface area is 112 Å². The molecule has 0 bridgehead atoms. The highest BCUT2D eigenvalue weighted by molar-refractivity contribution is 7.80. The number of thiol groups is 1. The Morgan fingerprint density at radius 2 is 2.00 bits per heavy atom. The van der Waals surface area contributed by atoms with Gasteiger partial charge in [0.05, 0.1) is 0 Å². The van der Waals surface area contributed by atoms with Crippen LogP contribution in [0.3, 0.4) is 0 Å². The van der Waals surface area contributed by atoms with E-state index in [1.54, 1.807) is 0 Å². The van der Waals surface area contributed by atoms with Gasteiger partial charge in [-0.2, -0.15) is 12.6 Å². The molecule has 0 spiro atoms. The van der Waals surface area contributed by atoms with Crippen molar-refractivity contribution in [3.8, 4) is 0 Å². The van der Waals surface area contributed by atoms with Crippen molar-refractivity contribution in [1.29, 1.82) is 0 Å². The second-order valence-electron chi connectivity index (χ2n) is 5.93. The van der Waals surface area contributed by atoms with E-state index >= 15 is 0 Å². The Morgan fingerprint density at radius 3 is 2.59 bits per heavy atom. The highest BCUT2D eigenvalue weighted by atomic mass is 32.1. The zero-order valence-electron chi connectivity index (χ0n) is 11.3. The van der Waals surface area contributed by atoms with Gasteiger partial charge in [-0.05, 0) is 50.2 Å². The number of likely N-dealkylation sites (tertiary alicyclic amines) is 1. The standard InChI is InChI=1S/C14H27NOS/c1-3-13-5-4-12(2)15(13)10-14(11-17)6-8-16-9-7-14/h12-13,17H,3-11H2,1-2H3. The summed E-state index contributed by atoms with van der Waals surface area (Å²) < 4.78 is 5.52. The third-order valence-corrected chi connectivity index (χ3v) is 5.50. The summed E-state index contributed by atoms with van der Waals surface area (Å²) in [4.78, 5) is 2.75.